The number of carbonyl (C=O) groups excluding carboxylic acids is 4. The quantitative estimate of drug-likeness (QED) is 0.147. The van der Waals surface area contributed by atoms with E-state index in [9.17, 15) is 24.4 Å². The molecule has 338 valence electrons. The van der Waals surface area contributed by atoms with E-state index >= 15 is 0 Å². The number of imide groups is 2. The number of fused-ring (bicyclic) bond motifs is 1. The van der Waals surface area contributed by atoms with Gasteiger partial charge in [-0.05, 0) is 148 Å². The van der Waals surface area contributed by atoms with Gasteiger partial charge in [-0.15, -0.1) is 0 Å². The molecule has 6 heterocycles. The number of nitrogens with one attached hydrogen (secondary N) is 1. The van der Waals surface area contributed by atoms with Gasteiger partial charge in [0.1, 0.15) is 17.9 Å². The van der Waals surface area contributed by atoms with Gasteiger partial charge in [-0.1, -0.05) is 37.6 Å². The third-order valence-corrected chi connectivity index (χ3v) is 15.0. The van der Waals surface area contributed by atoms with Crippen molar-refractivity contribution in [1.82, 2.24) is 25.1 Å². The number of carbonyl (C=O) groups is 4. The van der Waals surface area contributed by atoms with Crippen LogP contribution in [-0.4, -0.2) is 95.3 Å². The van der Waals surface area contributed by atoms with Crippen LogP contribution in [0.5, 0.6) is 5.75 Å². The molecule has 4 aromatic rings. The minimum Gasteiger partial charge on any atom is -0.484 e. The third kappa shape index (κ3) is 9.34. The van der Waals surface area contributed by atoms with Crippen LogP contribution in [0.4, 0.5) is 11.6 Å². The first-order chi connectivity index (χ1) is 31.3. The molecule has 1 aromatic heterocycles. The highest BCUT2D eigenvalue weighted by Gasteiger charge is 2.45. The first-order valence-corrected chi connectivity index (χ1v) is 23.6. The van der Waals surface area contributed by atoms with Crippen LogP contribution in [0.1, 0.15) is 121 Å². The number of likely N-dealkylation sites (tertiary alicyclic amines) is 1. The predicted molar refractivity (Wildman–Crippen MR) is 248 cm³/mol. The molecule has 0 bridgehead atoms. The first-order valence-electron chi connectivity index (χ1n) is 23.2. The van der Waals surface area contributed by atoms with E-state index in [0.29, 0.717) is 33.5 Å². The SMILES string of the molecule is CC(Oc1ccc(C(C)(C)c2cc(Cl)cc(C#N)c2)cc1)c1ccnc(N2CCC(CN3CCC(C4CCN(c5ccc6c(c5)C(=O)N(C5CCC(=O)NC5=O)C6=O)CC4)CC3)CC2)n1. The number of amides is 4. The summed E-state index contributed by atoms with van der Waals surface area (Å²) in [6, 6.07) is 22.2. The minimum atomic E-state index is -0.958. The van der Waals surface area contributed by atoms with Gasteiger partial charge in [0.2, 0.25) is 17.8 Å². The van der Waals surface area contributed by atoms with Crippen LogP contribution in [0, 0.1) is 29.1 Å². The molecule has 2 unspecified atom stereocenters. The molecule has 0 aliphatic carbocycles. The zero-order valence-electron chi connectivity index (χ0n) is 37.5. The fourth-order valence-electron chi connectivity index (χ4n) is 10.7. The Bertz CT molecular complexity index is 2500. The van der Waals surface area contributed by atoms with E-state index in [-0.39, 0.29) is 30.3 Å². The molecule has 14 heteroatoms. The molecule has 0 spiro atoms. The smallest absolute Gasteiger partial charge is 0.262 e. The van der Waals surface area contributed by atoms with Gasteiger partial charge in [-0.25, -0.2) is 9.97 Å². The summed E-state index contributed by atoms with van der Waals surface area (Å²) in [5.74, 6) is 1.67. The Balaban J connectivity index is 0.707. The van der Waals surface area contributed by atoms with E-state index in [1.165, 1.54) is 12.8 Å². The average Bonchev–Trinajstić information content (AvgIpc) is 3.57. The van der Waals surface area contributed by atoms with Crippen LogP contribution in [0.25, 0.3) is 0 Å². The number of nitriles is 1. The Labute approximate surface area is 386 Å². The van der Waals surface area contributed by atoms with Crippen LogP contribution in [0.2, 0.25) is 5.02 Å². The van der Waals surface area contributed by atoms with E-state index in [4.69, 9.17) is 21.3 Å². The average molecular weight is 898 g/mol. The normalized spacial score (nSPS) is 21.0. The number of hydrogen-bond donors (Lipinski definition) is 1. The monoisotopic (exact) mass is 896 g/mol. The highest BCUT2D eigenvalue weighted by molar-refractivity contribution is 6.30. The number of rotatable bonds is 11. The van der Waals surface area contributed by atoms with Crippen molar-refractivity contribution in [2.24, 2.45) is 17.8 Å². The number of nitrogens with zero attached hydrogens (tertiary/aromatic N) is 7. The summed E-state index contributed by atoms with van der Waals surface area (Å²) >= 11 is 6.33. The standard InChI is InChI=1S/C51H57ClN8O5/c1-32(65-41-7-4-37(5-8-41)51(2,3)38-26-34(30-53)27-39(52)28-38)44-12-19-54-50(55-44)59-22-13-33(14-23-59)31-57-20-15-35(16-21-57)36-17-24-58(25-18-36)40-6-9-42-43(29-40)49(64)60(48(42)63)45-10-11-46(61)56-47(45)62/h4-9,12,19,26-29,32-33,35-36,45H,10-11,13-18,20-25,31H2,1-3H3,(H,56,61,62). The van der Waals surface area contributed by atoms with Crippen LogP contribution < -0.4 is 19.9 Å². The lowest BCUT2D eigenvalue weighted by Gasteiger charge is -2.42. The van der Waals surface area contributed by atoms with E-state index in [0.717, 1.165) is 117 Å². The number of piperidine rings is 4. The summed E-state index contributed by atoms with van der Waals surface area (Å²) in [6.45, 7) is 13.4. The number of halogens is 1. The summed E-state index contributed by atoms with van der Waals surface area (Å²) in [5.41, 5.74) is 4.70. The van der Waals surface area contributed by atoms with Gasteiger partial charge in [0.05, 0.1) is 28.5 Å². The van der Waals surface area contributed by atoms with E-state index in [2.05, 4.69) is 57.0 Å². The Hall–Kier alpha value is -5.84. The molecule has 65 heavy (non-hydrogen) atoms. The number of anilines is 2. The van der Waals surface area contributed by atoms with Crippen molar-refractivity contribution >= 4 is 46.9 Å². The second-order valence-corrected chi connectivity index (χ2v) is 19.5. The van der Waals surface area contributed by atoms with Crippen molar-refractivity contribution in [1.29, 1.82) is 5.26 Å². The molecule has 13 nitrogen and oxygen atoms in total. The van der Waals surface area contributed by atoms with Gasteiger partial charge in [0.25, 0.3) is 11.8 Å². The Morgan fingerprint density at radius 2 is 1.48 bits per heavy atom. The van der Waals surface area contributed by atoms with Crippen LogP contribution in [-0.2, 0) is 15.0 Å². The Morgan fingerprint density at radius 3 is 2.17 bits per heavy atom. The van der Waals surface area contributed by atoms with Crippen molar-refractivity contribution < 1.29 is 23.9 Å². The second-order valence-electron chi connectivity index (χ2n) is 19.1. The first kappa shape index (κ1) is 44.4. The number of aromatic nitrogens is 2. The molecule has 1 N–H and O–H groups in total. The van der Waals surface area contributed by atoms with Gasteiger partial charge in [0.15, 0.2) is 0 Å². The number of ether oxygens (including phenoxy) is 1. The molecule has 0 saturated carbocycles. The summed E-state index contributed by atoms with van der Waals surface area (Å²) in [6.07, 6.45) is 8.72. The van der Waals surface area contributed by atoms with Gasteiger partial charge < -0.3 is 19.4 Å². The Kier molecular flexibility index (Phi) is 12.7. The fourth-order valence-corrected chi connectivity index (χ4v) is 10.9. The summed E-state index contributed by atoms with van der Waals surface area (Å²) in [7, 11) is 0. The second kappa shape index (κ2) is 18.6. The lowest BCUT2D eigenvalue weighted by atomic mass is 9.78. The molecule has 2 atom stereocenters. The highest BCUT2D eigenvalue weighted by atomic mass is 35.5. The number of hydrogen-bond acceptors (Lipinski definition) is 11. The highest BCUT2D eigenvalue weighted by Crippen LogP contribution is 2.38. The zero-order chi connectivity index (χ0) is 45.4. The van der Waals surface area contributed by atoms with Crippen molar-refractivity contribution in [2.45, 2.75) is 89.7 Å². The van der Waals surface area contributed by atoms with Gasteiger partial charge in [-0.3, -0.25) is 29.4 Å². The van der Waals surface area contributed by atoms with Crippen molar-refractivity contribution in [3.8, 4) is 11.8 Å². The molecule has 3 aromatic carbocycles. The topological polar surface area (TPSA) is 152 Å². The molecule has 4 saturated heterocycles. The maximum absolute atomic E-state index is 13.4. The molecule has 4 fully saturated rings. The van der Waals surface area contributed by atoms with Crippen LogP contribution in [0.15, 0.2) is 72.9 Å². The maximum Gasteiger partial charge on any atom is 0.262 e. The zero-order valence-corrected chi connectivity index (χ0v) is 38.2. The van der Waals surface area contributed by atoms with Crippen LogP contribution >= 0.6 is 11.6 Å². The lowest BCUT2D eigenvalue weighted by Crippen LogP contribution is -2.54. The molecule has 4 amide bonds. The summed E-state index contributed by atoms with van der Waals surface area (Å²) in [5, 5.41) is 12.3. The lowest BCUT2D eigenvalue weighted by molar-refractivity contribution is -0.136. The van der Waals surface area contributed by atoms with E-state index in [1.807, 2.05) is 55.6 Å². The maximum atomic E-state index is 13.4. The molecular weight excluding hydrogens is 840 g/mol. The molecule has 9 rings (SSSR count). The minimum absolute atomic E-state index is 0.104. The van der Waals surface area contributed by atoms with Crippen molar-refractivity contribution in [3.05, 3.63) is 111 Å². The molecule has 5 aliphatic heterocycles. The van der Waals surface area contributed by atoms with Crippen molar-refractivity contribution in [3.63, 3.8) is 0 Å². The fraction of sp³-hybridized carbons (Fsp3) is 0.471. The molecular formula is C51H57ClN8O5. The van der Waals surface area contributed by atoms with Crippen molar-refractivity contribution in [2.75, 3.05) is 55.6 Å². The van der Waals surface area contributed by atoms with Gasteiger partial charge in [-0.2, -0.15) is 5.26 Å². The number of benzene rings is 3. The predicted octanol–water partition coefficient (Wildman–Crippen LogP) is 7.71. The Morgan fingerprint density at radius 1 is 0.800 bits per heavy atom. The molecule has 5 aliphatic rings. The van der Waals surface area contributed by atoms with Crippen LogP contribution in [0.3, 0.4) is 0 Å². The van der Waals surface area contributed by atoms with Gasteiger partial charge in [0, 0.05) is 61.5 Å². The van der Waals surface area contributed by atoms with E-state index in [1.54, 1.807) is 12.1 Å². The molecule has 0 radical (unpaired) electrons. The van der Waals surface area contributed by atoms with E-state index < -0.39 is 23.8 Å². The summed E-state index contributed by atoms with van der Waals surface area (Å²) in [4.78, 5) is 68.7. The summed E-state index contributed by atoms with van der Waals surface area (Å²) < 4.78 is 6.37. The third-order valence-electron chi connectivity index (χ3n) is 14.8. The van der Waals surface area contributed by atoms with Gasteiger partial charge >= 0.3 is 0 Å². The largest absolute Gasteiger partial charge is 0.484 e.